The van der Waals surface area contributed by atoms with Crippen LogP contribution in [0, 0.1) is 5.92 Å². The first-order chi connectivity index (χ1) is 4.77. The molecule has 0 spiro atoms. The Labute approximate surface area is 58.4 Å². The molecule has 3 nitrogen and oxygen atoms in total. The summed E-state index contributed by atoms with van der Waals surface area (Å²) in [5.41, 5.74) is 0.424. The van der Waals surface area contributed by atoms with Gasteiger partial charge in [0.15, 0.2) is 5.78 Å². The first-order valence-electron chi connectivity index (χ1n) is 3.08. The molecule has 54 valence electrons. The van der Waals surface area contributed by atoms with Gasteiger partial charge < -0.3 is 5.11 Å². The minimum atomic E-state index is -0.245. The average molecular weight is 140 g/mol. The molecule has 0 saturated heterocycles. The molecule has 0 aromatic carbocycles. The van der Waals surface area contributed by atoms with E-state index >= 15 is 0 Å². The van der Waals surface area contributed by atoms with E-state index < -0.39 is 0 Å². The van der Waals surface area contributed by atoms with Crippen LogP contribution in [0.1, 0.15) is 6.42 Å². The molecular formula is C7H8O3. The van der Waals surface area contributed by atoms with Crippen molar-refractivity contribution in [3.63, 3.8) is 0 Å². The van der Waals surface area contributed by atoms with Gasteiger partial charge in [0.1, 0.15) is 6.29 Å². The second-order valence-corrected chi connectivity index (χ2v) is 2.31. The summed E-state index contributed by atoms with van der Waals surface area (Å²) in [6.07, 6.45) is 2.21. The summed E-state index contributed by atoms with van der Waals surface area (Å²) < 4.78 is 0. The van der Waals surface area contributed by atoms with Crippen molar-refractivity contribution in [2.24, 2.45) is 5.92 Å². The highest BCUT2D eigenvalue weighted by atomic mass is 16.3. The number of ketones is 1. The third kappa shape index (κ3) is 1.14. The van der Waals surface area contributed by atoms with Crippen molar-refractivity contribution in [2.45, 2.75) is 6.42 Å². The maximum Gasteiger partial charge on any atom is 0.156 e. The Morgan fingerprint density at radius 3 is 2.90 bits per heavy atom. The van der Waals surface area contributed by atoms with Crippen LogP contribution < -0.4 is 0 Å². The molecule has 0 radical (unpaired) electrons. The summed E-state index contributed by atoms with van der Waals surface area (Å²) in [7, 11) is 0. The van der Waals surface area contributed by atoms with Gasteiger partial charge in [-0.3, -0.25) is 9.59 Å². The zero-order chi connectivity index (χ0) is 7.56. The summed E-state index contributed by atoms with van der Waals surface area (Å²) >= 11 is 0. The highest BCUT2D eigenvalue weighted by Crippen LogP contribution is 2.20. The Bertz CT molecular complexity index is 193. The number of carbonyl (C=O) groups is 2. The maximum absolute atomic E-state index is 10.6. The van der Waals surface area contributed by atoms with E-state index in [1.807, 2.05) is 0 Å². The van der Waals surface area contributed by atoms with Crippen molar-refractivity contribution in [3.8, 4) is 0 Å². The molecule has 0 saturated carbocycles. The lowest BCUT2D eigenvalue weighted by Gasteiger charge is -2.02. The molecule has 0 aliphatic heterocycles. The van der Waals surface area contributed by atoms with E-state index in [4.69, 9.17) is 5.11 Å². The number of aldehydes is 1. The molecule has 1 N–H and O–H groups in total. The lowest BCUT2D eigenvalue weighted by atomic mass is 10.0. The molecule has 0 aromatic rings. The Morgan fingerprint density at radius 2 is 2.50 bits per heavy atom. The standard InChI is InChI=1S/C7H8O3/c8-3-5-1-7(10)2-6(5)4-9/h1,3,6,9H,2,4H2/t6-/m0/s1. The minimum absolute atomic E-state index is 0.0684. The fraction of sp³-hybridized carbons (Fsp3) is 0.429. The van der Waals surface area contributed by atoms with Crippen LogP contribution in [0.3, 0.4) is 0 Å². The van der Waals surface area contributed by atoms with Crippen LogP contribution in [-0.2, 0) is 9.59 Å². The number of hydrogen-bond donors (Lipinski definition) is 1. The quantitative estimate of drug-likeness (QED) is 0.535. The minimum Gasteiger partial charge on any atom is -0.396 e. The predicted octanol–water partition coefficient (Wildman–Crippen LogP) is -0.307. The molecule has 0 amide bonds. The third-order valence-corrected chi connectivity index (χ3v) is 1.60. The molecule has 1 aliphatic rings. The molecule has 1 rings (SSSR count). The topological polar surface area (TPSA) is 54.4 Å². The number of aliphatic hydroxyl groups is 1. The van der Waals surface area contributed by atoms with Crippen LogP contribution in [0.15, 0.2) is 11.6 Å². The van der Waals surface area contributed by atoms with E-state index in [9.17, 15) is 9.59 Å². The Kier molecular flexibility index (Phi) is 1.97. The van der Waals surface area contributed by atoms with E-state index in [1.54, 1.807) is 0 Å². The summed E-state index contributed by atoms with van der Waals surface area (Å²) in [4.78, 5) is 20.8. The molecule has 0 unspecified atom stereocenters. The Hall–Kier alpha value is -0.960. The zero-order valence-electron chi connectivity index (χ0n) is 5.41. The summed E-state index contributed by atoms with van der Waals surface area (Å²) in [5.74, 6) is -0.314. The second kappa shape index (κ2) is 2.75. The van der Waals surface area contributed by atoms with Gasteiger partial charge in [0.25, 0.3) is 0 Å². The smallest absolute Gasteiger partial charge is 0.156 e. The highest BCUT2D eigenvalue weighted by molar-refractivity contribution is 5.99. The molecule has 0 fully saturated rings. The predicted molar refractivity (Wildman–Crippen MR) is 34.3 cm³/mol. The zero-order valence-corrected chi connectivity index (χ0v) is 5.41. The number of allylic oxidation sites excluding steroid dienone is 1. The van der Waals surface area contributed by atoms with Crippen LogP contribution in [0.25, 0.3) is 0 Å². The van der Waals surface area contributed by atoms with Gasteiger partial charge in [0, 0.05) is 17.9 Å². The largest absolute Gasteiger partial charge is 0.396 e. The molecule has 0 aromatic heterocycles. The van der Waals surface area contributed by atoms with Crippen molar-refractivity contribution in [3.05, 3.63) is 11.6 Å². The number of aliphatic hydroxyl groups excluding tert-OH is 1. The van der Waals surface area contributed by atoms with Gasteiger partial charge in [-0.05, 0) is 6.08 Å². The summed E-state index contributed by atoms with van der Waals surface area (Å²) in [6.45, 7) is -0.115. The molecule has 0 bridgehead atoms. The average Bonchev–Trinajstić information content (AvgIpc) is 2.30. The van der Waals surface area contributed by atoms with Crippen molar-refractivity contribution >= 4 is 12.1 Å². The van der Waals surface area contributed by atoms with Crippen LogP contribution in [0.2, 0.25) is 0 Å². The van der Waals surface area contributed by atoms with Gasteiger partial charge >= 0.3 is 0 Å². The molecule has 10 heavy (non-hydrogen) atoms. The SMILES string of the molecule is O=CC1=CC(=O)C[C@H]1CO. The third-order valence-electron chi connectivity index (χ3n) is 1.60. The van der Waals surface area contributed by atoms with E-state index in [2.05, 4.69) is 0 Å². The summed E-state index contributed by atoms with van der Waals surface area (Å²) in [6, 6.07) is 0. The van der Waals surface area contributed by atoms with E-state index in [1.165, 1.54) is 6.08 Å². The monoisotopic (exact) mass is 140 g/mol. The normalized spacial score (nSPS) is 24.7. The van der Waals surface area contributed by atoms with Crippen LogP contribution in [0.4, 0.5) is 0 Å². The van der Waals surface area contributed by atoms with Crippen LogP contribution in [-0.4, -0.2) is 23.8 Å². The lowest BCUT2D eigenvalue weighted by Crippen LogP contribution is -2.06. The van der Waals surface area contributed by atoms with Gasteiger partial charge in [-0.2, -0.15) is 0 Å². The number of rotatable bonds is 2. The van der Waals surface area contributed by atoms with Gasteiger partial charge in [-0.1, -0.05) is 0 Å². The Morgan fingerprint density at radius 1 is 1.80 bits per heavy atom. The van der Waals surface area contributed by atoms with Gasteiger partial charge in [0.2, 0.25) is 0 Å². The van der Waals surface area contributed by atoms with Crippen LogP contribution >= 0.6 is 0 Å². The van der Waals surface area contributed by atoms with Crippen molar-refractivity contribution in [1.29, 1.82) is 0 Å². The fourth-order valence-corrected chi connectivity index (χ4v) is 1.02. The van der Waals surface area contributed by atoms with Crippen molar-refractivity contribution in [1.82, 2.24) is 0 Å². The van der Waals surface area contributed by atoms with Gasteiger partial charge in [0.05, 0.1) is 6.61 Å². The number of carbonyl (C=O) groups excluding carboxylic acids is 2. The molecule has 1 atom stereocenters. The van der Waals surface area contributed by atoms with Crippen LogP contribution in [0.5, 0.6) is 0 Å². The Balaban J connectivity index is 2.74. The van der Waals surface area contributed by atoms with E-state index in [0.717, 1.165) is 0 Å². The first kappa shape index (κ1) is 7.15. The lowest BCUT2D eigenvalue weighted by molar-refractivity contribution is -0.114. The fourth-order valence-electron chi connectivity index (χ4n) is 1.02. The van der Waals surface area contributed by atoms with E-state index in [-0.39, 0.29) is 24.7 Å². The van der Waals surface area contributed by atoms with Gasteiger partial charge in [-0.25, -0.2) is 0 Å². The van der Waals surface area contributed by atoms with Crippen molar-refractivity contribution < 1.29 is 14.7 Å². The molecule has 1 aliphatic carbocycles. The summed E-state index contributed by atoms with van der Waals surface area (Å²) in [5, 5.41) is 8.63. The second-order valence-electron chi connectivity index (χ2n) is 2.31. The molecule has 3 heteroatoms. The van der Waals surface area contributed by atoms with Crippen molar-refractivity contribution in [2.75, 3.05) is 6.61 Å². The molecular weight excluding hydrogens is 132 g/mol. The number of hydrogen-bond acceptors (Lipinski definition) is 3. The highest BCUT2D eigenvalue weighted by Gasteiger charge is 2.22. The van der Waals surface area contributed by atoms with E-state index in [0.29, 0.717) is 11.9 Å². The molecule has 0 heterocycles. The maximum atomic E-state index is 10.6. The van der Waals surface area contributed by atoms with Gasteiger partial charge in [-0.15, -0.1) is 0 Å². The first-order valence-corrected chi connectivity index (χ1v) is 3.08.